The summed E-state index contributed by atoms with van der Waals surface area (Å²) < 4.78 is 36.3. The number of aromatic amines is 1. The fourth-order valence-corrected chi connectivity index (χ4v) is 6.46. The van der Waals surface area contributed by atoms with Crippen LogP contribution in [0.2, 0.25) is 0 Å². The highest BCUT2D eigenvalue weighted by atomic mass is 32.2. The number of hydrogen-bond donors (Lipinski definition) is 3. The Morgan fingerprint density at radius 1 is 1.24 bits per heavy atom. The lowest BCUT2D eigenvalue weighted by molar-refractivity contribution is 0.278. The van der Waals surface area contributed by atoms with E-state index < -0.39 is 10.0 Å². The molecular formula is C26H36N6O4S. The summed E-state index contributed by atoms with van der Waals surface area (Å²) in [5, 5.41) is 7.52. The predicted octanol–water partition coefficient (Wildman–Crippen LogP) is 3.40. The summed E-state index contributed by atoms with van der Waals surface area (Å²) in [6, 6.07) is 4.74. The summed E-state index contributed by atoms with van der Waals surface area (Å²) in [5.41, 5.74) is 7.76. The molecule has 1 aliphatic rings. The van der Waals surface area contributed by atoms with E-state index >= 15 is 0 Å². The molecule has 1 saturated heterocycles. The molecule has 11 heteroatoms. The van der Waals surface area contributed by atoms with Crippen molar-refractivity contribution in [2.75, 3.05) is 19.7 Å². The SMILES string of the molecule is CCCOc1ccc(S(=O)(=O)N2CCC(CC(=N)N)CC2)cc1-c1nc2c(CCC)cn(C)c2c(=O)[nH]1. The minimum absolute atomic E-state index is 0.126. The van der Waals surface area contributed by atoms with Crippen LogP contribution in [0.4, 0.5) is 0 Å². The average molecular weight is 529 g/mol. The highest BCUT2D eigenvalue weighted by Crippen LogP contribution is 2.33. The molecule has 0 aliphatic carbocycles. The van der Waals surface area contributed by atoms with E-state index in [1.165, 1.54) is 4.31 Å². The lowest BCUT2D eigenvalue weighted by Gasteiger charge is -2.31. The van der Waals surface area contributed by atoms with Gasteiger partial charge in [0.25, 0.3) is 5.56 Å². The van der Waals surface area contributed by atoms with Crippen LogP contribution >= 0.6 is 0 Å². The van der Waals surface area contributed by atoms with Gasteiger partial charge in [0.2, 0.25) is 10.0 Å². The molecule has 1 aliphatic heterocycles. The van der Waals surface area contributed by atoms with Crippen LogP contribution in [0.3, 0.4) is 0 Å². The highest BCUT2D eigenvalue weighted by molar-refractivity contribution is 7.89. The summed E-state index contributed by atoms with van der Waals surface area (Å²) in [6.45, 7) is 5.24. The molecule has 1 fully saturated rings. The number of ether oxygens (including phenoxy) is 1. The van der Waals surface area contributed by atoms with Gasteiger partial charge in [0.05, 0.1) is 28.4 Å². The number of benzene rings is 1. The van der Waals surface area contributed by atoms with E-state index in [9.17, 15) is 13.2 Å². The van der Waals surface area contributed by atoms with Crippen LogP contribution in [0.5, 0.6) is 5.75 Å². The Balaban J connectivity index is 1.76. The smallest absolute Gasteiger partial charge is 0.275 e. The fraction of sp³-hybridized carbons (Fsp3) is 0.500. The quantitative estimate of drug-likeness (QED) is 0.271. The van der Waals surface area contributed by atoms with E-state index in [0.717, 1.165) is 24.8 Å². The number of fused-ring (bicyclic) bond motifs is 1. The van der Waals surface area contributed by atoms with Crippen molar-refractivity contribution in [3.8, 4) is 17.1 Å². The summed E-state index contributed by atoms with van der Waals surface area (Å²) in [5.74, 6) is 1.10. The maximum absolute atomic E-state index is 13.6. The molecule has 4 rings (SSSR count). The molecule has 3 aromatic rings. The lowest BCUT2D eigenvalue weighted by atomic mass is 9.94. The number of hydrogen-bond acceptors (Lipinski definition) is 6. The van der Waals surface area contributed by atoms with E-state index in [1.54, 1.807) is 22.8 Å². The molecule has 37 heavy (non-hydrogen) atoms. The van der Waals surface area contributed by atoms with Crippen LogP contribution in [-0.4, -0.2) is 52.8 Å². The molecule has 2 aromatic heterocycles. The monoisotopic (exact) mass is 528 g/mol. The number of nitrogens with one attached hydrogen (secondary N) is 2. The Kier molecular flexibility index (Phi) is 8.03. The van der Waals surface area contributed by atoms with Crippen molar-refractivity contribution >= 4 is 26.9 Å². The minimum Gasteiger partial charge on any atom is -0.493 e. The van der Waals surface area contributed by atoms with Gasteiger partial charge < -0.3 is 20.0 Å². The van der Waals surface area contributed by atoms with Gasteiger partial charge in [-0.1, -0.05) is 20.3 Å². The summed E-state index contributed by atoms with van der Waals surface area (Å²) in [7, 11) is -1.96. The number of rotatable bonds is 10. The van der Waals surface area contributed by atoms with Gasteiger partial charge in [-0.3, -0.25) is 10.2 Å². The molecule has 0 radical (unpaired) electrons. The zero-order valence-electron chi connectivity index (χ0n) is 21.7. The van der Waals surface area contributed by atoms with Crippen LogP contribution in [0.1, 0.15) is 51.5 Å². The third-order valence-electron chi connectivity index (χ3n) is 6.81. The maximum Gasteiger partial charge on any atom is 0.275 e. The topological polar surface area (TPSA) is 147 Å². The third kappa shape index (κ3) is 5.57. The number of nitrogens with zero attached hydrogens (tertiary/aromatic N) is 3. The Hall–Kier alpha value is -3.18. The molecule has 0 unspecified atom stereocenters. The number of amidine groups is 1. The molecule has 0 spiro atoms. The molecular weight excluding hydrogens is 492 g/mol. The van der Waals surface area contributed by atoms with Crippen molar-refractivity contribution in [1.82, 2.24) is 18.8 Å². The molecule has 200 valence electrons. The lowest BCUT2D eigenvalue weighted by Crippen LogP contribution is -2.39. The molecule has 3 heterocycles. The van der Waals surface area contributed by atoms with Crippen LogP contribution < -0.4 is 16.0 Å². The summed E-state index contributed by atoms with van der Waals surface area (Å²) in [6.07, 6.45) is 6.18. The van der Waals surface area contributed by atoms with Crippen LogP contribution in [0.25, 0.3) is 22.4 Å². The second-order valence-corrected chi connectivity index (χ2v) is 11.6. The normalized spacial score (nSPS) is 15.3. The van der Waals surface area contributed by atoms with E-state index in [1.807, 2.05) is 20.2 Å². The second kappa shape index (κ2) is 11.1. The molecule has 0 atom stereocenters. The van der Waals surface area contributed by atoms with Crippen LogP contribution in [0, 0.1) is 11.3 Å². The number of aryl methyl sites for hydroxylation is 2. The number of piperidine rings is 1. The van der Waals surface area contributed by atoms with Crippen molar-refractivity contribution in [3.63, 3.8) is 0 Å². The first kappa shape index (κ1) is 26.9. The van der Waals surface area contributed by atoms with E-state index in [-0.39, 0.29) is 28.0 Å². The minimum atomic E-state index is -3.78. The second-order valence-electron chi connectivity index (χ2n) is 9.71. The first-order valence-corrected chi connectivity index (χ1v) is 14.3. The average Bonchev–Trinajstić information content (AvgIpc) is 3.18. The molecule has 10 nitrogen and oxygen atoms in total. The van der Waals surface area contributed by atoms with Crippen LogP contribution in [0.15, 0.2) is 34.1 Å². The van der Waals surface area contributed by atoms with Gasteiger partial charge in [-0.05, 0) is 55.4 Å². The van der Waals surface area contributed by atoms with E-state index in [0.29, 0.717) is 61.3 Å². The van der Waals surface area contributed by atoms with Crippen LogP contribution in [-0.2, 0) is 23.5 Å². The third-order valence-corrected chi connectivity index (χ3v) is 8.70. The van der Waals surface area contributed by atoms with Crippen molar-refractivity contribution in [1.29, 1.82) is 5.41 Å². The Bertz CT molecular complexity index is 1450. The van der Waals surface area contributed by atoms with E-state index in [4.69, 9.17) is 20.9 Å². The summed E-state index contributed by atoms with van der Waals surface area (Å²) in [4.78, 5) is 20.8. The first-order valence-electron chi connectivity index (χ1n) is 12.8. The molecule has 1 aromatic carbocycles. The van der Waals surface area contributed by atoms with Gasteiger partial charge in [-0.25, -0.2) is 13.4 Å². The molecule has 4 N–H and O–H groups in total. The standard InChI is InChI=1S/C26H36N6O4S/c1-4-6-18-16-31(3)24-23(18)29-25(30-26(24)33)20-15-19(7-8-21(20)36-13-5-2)37(34,35)32-11-9-17(10-12-32)14-22(27)28/h7-8,15-17H,4-6,9-14H2,1-3H3,(H3,27,28)(H,29,30,33). The highest BCUT2D eigenvalue weighted by Gasteiger charge is 2.30. The molecule has 0 saturated carbocycles. The number of aromatic nitrogens is 3. The number of nitrogens with two attached hydrogens (primary N) is 1. The van der Waals surface area contributed by atoms with Crippen molar-refractivity contribution in [3.05, 3.63) is 40.3 Å². The molecule has 0 bridgehead atoms. The number of H-pyrrole nitrogens is 1. The predicted molar refractivity (Wildman–Crippen MR) is 145 cm³/mol. The van der Waals surface area contributed by atoms with Gasteiger partial charge >= 0.3 is 0 Å². The maximum atomic E-state index is 13.6. The molecule has 0 amide bonds. The van der Waals surface area contributed by atoms with Gasteiger partial charge in [0.15, 0.2) is 0 Å². The first-order chi connectivity index (χ1) is 17.6. The Morgan fingerprint density at radius 2 is 1.97 bits per heavy atom. The van der Waals surface area contributed by atoms with Crippen molar-refractivity contribution in [2.45, 2.75) is 57.3 Å². The zero-order valence-corrected chi connectivity index (χ0v) is 22.5. The van der Waals surface area contributed by atoms with Crippen molar-refractivity contribution < 1.29 is 13.2 Å². The number of sulfonamides is 1. The summed E-state index contributed by atoms with van der Waals surface area (Å²) >= 11 is 0. The largest absolute Gasteiger partial charge is 0.493 e. The Morgan fingerprint density at radius 3 is 2.62 bits per heavy atom. The van der Waals surface area contributed by atoms with Crippen molar-refractivity contribution in [2.24, 2.45) is 18.7 Å². The van der Waals surface area contributed by atoms with E-state index in [2.05, 4.69) is 11.9 Å². The van der Waals surface area contributed by atoms with Gasteiger partial charge in [-0.15, -0.1) is 0 Å². The Labute approximate surface area is 217 Å². The van der Waals surface area contributed by atoms with Gasteiger partial charge in [0.1, 0.15) is 17.1 Å². The zero-order chi connectivity index (χ0) is 26.7. The fourth-order valence-electron chi connectivity index (χ4n) is 4.96. The van der Waals surface area contributed by atoms with Gasteiger partial charge in [-0.2, -0.15) is 4.31 Å². The van der Waals surface area contributed by atoms with Gasteiger partial charge in [0, 0.05) is 32.8 Å².